The minimum Gasteiger partial charge on any atom is -0.0619 e. The van der Waals surface area contributed by atoms with Crippen LogP contribution >= 0.6 is 0 Å². The highest BCUT2D eigenvalue weighted by atomic mass is 15.9. The predicted octanol–water partition coefficient (Wildman–Crippen LogP) is 7.10. The Kier molecular flexibility index (Phi) is 3.08. The molecular formula is C37H22N3+3. The molecular weight excluding hydrogens is 486 g/mol. The molecule has 11 rings (SSSR count). The molecule has 1 unspecified atom stereocenters. The van der Waals surface area contributed by atoms with E-state index in [1.54, 1.807) is 0 Å². The first-order chi connectivity index (χ1) is 19.9. The second-order valence-corrected chi connectivity index (χ2v) is 11.5. The minimum absolute atomic E-state index is 0.406. The van der Waals surface area contributed by atoms with Crippen LogP contribution in [0.1, 0.15) is 22.3 Å². The van der Waals surface area contributed by atoms with E-state index >= 15 is 0 Å². The van der Waals surface area contributed by atoms with Crippen molar-refractivity contribution >= 4 is 33.1 Å². The summed E-state index contributed by atoms with van der Waals surface area (Å²) in [4.78, 5) is 0. The van der Waals surface area contributed by atoms with Crippen molar-refractivity contribution in [1.29, 1.82) is 0 Å². The summed E-state index contributed by atoms with van der Waals surface area (Å²) in [6.07, 6.45) is 4.56. The Morgan fingerprint density at radius 1 is 0.450 bits per heavy atom. The van der Waals surface area contributed by atoms with Crippen molar-refractivity contribution in [2.45, 2.75) is 5.41 Å². The van der Waals surface area contributed by atoms with Crippen LogP contribution in [0.2, 0.25) is 0 Å². The molecule has 5 heterocycles. The number of rotatable bonds is 0. The average molecular weight is 509 g/mol. The van der Waals surface area contributed by atoms with E-state index in [1.165, 1.54) is 77.7 Å². The molecule has 0 N–H and O–H groups in total. The summed E-state index contributed by atoms with van der Waals surface area (Å²) in [7, 11) is 0. The second kappa shape index (κ2) is 6.20. The van der Waals surface area contributed by atoms with E-state index in [1.807, 2.05) is 0 Å². The SMILES string of the molecule is c1ccc2c(c1)-c1ccccc1C21c2cccc3c2[N+]2(c4c1ccc1ccc5ccc[n+]2c5c41)[n+]1ccccc1-3. The van der Waals surface area contributed by atoms with Crippen LogP contribution in [0.25, 0.3) is 44.1 Å². The van der Waals surface area contributed by atoms with Gasteiger partial charge in [-0.3, -0.25) is 0 Å². The molecule has 1 atom stereocenters. The lowest BCUT2D eigenvalue weighted by atomic mass is 9.64. The fourth-order valence-electron chi connectivity index (χ4n) is 8.85. The molecule has 2 spiro atoms. The number of benzene rings is 5. The molecule has 3 aliphatic heterocycles. The van der Waals surface area contributed by atoms with Gasteiger partial charge in [-0.15, -0.1) is 0 Å². The number of hydrogen-bond acceptors (Lipinski definition) is 0. The number of aromatic nitrogens is 2. The lowest BCUT2D eigenvalue weighted by Crippen LogP contribution is -2.82. The van der Waals surface area contributed by atoms with Crippen LogP contribution in [-0.2, 0) is 5.41 Å². The van der Waals surface area contributed by atoms with Gasteiger partial charge in [0.2, 0.25) is 12.4 Å². The van der Waals surface area contributed by atoms with Crippen LogP contribution < -0.4 is 14.1 Å². The first-order valence-corrected chi connectivity index (χ1v) is 14.0. The van der Waals surface area contributed by atoms with Gasteiger partial charge in [0, 0.05) is 29.3 Å². The topological polar surface area (TPSA) is 7.76 Å². The zero-order chi connectivity index (χ0) is 25.8. The third kappa shape index (κ3) is 1.76. The molecule has 3 heteroatoms. The van der Waals surface area contributed by atoms with E-state index in [-0.39, 0.29) is 0 Å². The van der Waals surface area contributed by atoms with Gasteiger partial charge >= 0.3 is 0 Å². The number of para-hydroxylation sites is 1. The monoisotopic (exact) mass is 508 g/mol. The van der Waals surface area contributed by atoms with Crippen molar-refractivity contribution in [2.24, 2.45) is 0 Å². The summed E-state index contributed by atoms with van der Waals surface area (Å²) >= 11 is 0. The smallest absolute Gasteiger partial charge is 0.0619 e. The van der Waals surface area contributed by atoms with E-state index in [2.05, 4.69) is 143 Å². The first kappa shape index (κ1) is 19.9. The number of fused-ring (bicyclic) bond motifs is 9. The first-order valence-electron chi connectivity index (χ1n) is 14.0. The Balaban J connectivity index is 1.49. The maximum absolute atomic E-state index is 2.52. The molecule has 5 aromatic carbocycles. The van der Waals surface area contributed by atoms with E-state index in [0.717, 1.165) is 0 Å². The normalized spacial score (nSPS) is 18.8. The Morgan fingerprint density at radius 2 is 1.10 bits per heavy atom. The van der Waals surface area contributed by atoms with E-state index in [4.69, 9.17) is 0 Å². The standard InChI is InChI=1S/C37H22N3/c1-3-13-28-25(10-1)26-11-2-4-14-29(26)37(28)30-15-7-12-27-32-16-5-6-21-38(32)40(35(27)30)36-31(37)20-19-23-17-18-24-9-8-22-39(40)34(24)33(23)36/h1-22H/q+3. The Labute approximate surface area is 230 Å². The van der Waals surface area contributed by atoms with Gasteiger partial charge in [0.25, 0.3) is 22.6 Å². The van der Waals surface area contributed by atoms with E-state index in [0.29, 0.717) is 4.70 Å². The van der Waals surface area contributed by atoms with Crippen LogP contribution in [0.4, 0.5) is 11.4 Å². The van der Waals surface area contributed by atoms with Crippen LogP contribution in [0.15, 0.2) is 134 Å². The molecule has 0 radical (unpaired) electrons. The van der Waals surface area contributed by atoms with Gasteiger partial charge in [-0.05, 0) is 51.9 Å². The quantitative estimate of drug-likeness (QED) is 0.117. The summed E-state index contributed by atoms with van der Waals surface area (Å²) in [5.41, 5.74) is 14.4. The Morgan fingerprint density at radius 3 is 1.95 bits per heavy atom. The molecule has 7 aromatic rings. The van der Waals surface area contributed by atoms with Gasteiger partial charge in [-0.25, -0.2) is 0 Å². The van der Waals surface area contributed by atoms with Crippen molar-refractivity contribution in [1.82, 2.24) is 4.70 Å². The molecule has 0 fully saturated rings. The molecule has 2 aromatic heterocycles. The summed E-state index contributed by atoms with van der Waals surface area (Å²) in [5.74, 6) is 0. The van der Waals surface area contributed by atoms with Crippen LogP contribution in [0, 0.1) is 0 Å². The molecule has 0 saturated carbocycles. The van der Waals surface area contributed by atoms with Gasteiger partial charge in [0.15, 0.2) is 4.70 Å². The summed E-state index contributed by atoms with van der Waals surface area (Å²) in [5, 5.41) is 3.93. The second-order valence-electron chi connectivity index (χ2n) is 11.5. The lowest BCUT2D eigenvalue weighted by molar-refractivity contribution is -1.02. The maximum atomic E-state index is 2.52. The van der Waals surface area contributed by atoms with Crippen LogP contribution in [0.3, 0.4) is 0 Å². The molecule has 0 bridgehead atoms. The van der Waals surface area contributed by atoms with Gasteiger partial charge < -0.3 is 0 Å². The Bertz CT molecular complexity index is 2300. The zero-order valence-corrected chi connectivity index (χ0v) is 21.5. The number of hydrogen-bond donors (Lipinski definition) is 0. The highest BCUT2D eigenvalue weighted by Gasteiger charge is 2.74. The molecule has 40 heavy (non-hydrogen) atoms. The maximum Gasteiger partial charge on any atom is 0.294 e. The fraction of sp³-hybridized carbons (Fsp3) is 0.0270. The zero-order valence-electron chi connectivity index (χ0n) is 21.5. The molecule has 1 aliphatic carbocycles. The molecule has 182 valence electrons. The van der Waals surface area contributed by atoms with E-state index in [9.17, 15) is 0 Å². The number of quaternary nitrogens is 1. The summed E-state index contributed by atoms with van der Waals surface area (Å²) in [6.45, 7) is 0. The average Bonchev–Trinajstić information content (AvgIpc) is 3.62. The third-order valence-electron chi connectivity index (χ3n) is 10.1. The molecule has 4 aliphatic rings. The predicted molar refractivity (Wildman–Crippen MR) is 157 cm³/mol. The van der Waals surface area contributed by atoms with Gasteiger partial charge in [-0.2, -0.15) is 0 Å². The fourth-order valence-corrected chi connectivity index (χ4v) is 8.85. The van der Waals surface area contributed by atoms with Crippen molar-refractivity contribution < 1.29 is 9.35 Å². The summed E-state index contributed by atoms with van der Waals surface area (Å²) in [6, 6.07) is 45.7. The van der Waals surface area contributed by atoms with Crippen molar-refractivity contribution in [3.8, 4) is 22.4 Å². The van der Waals surface area contributed by atoms with Gasteiger partial charge in [0.05, 0.1) is 20.2 Å². The van der Waals surface area contributed by atoms with Crippen molar-refractivity contribution in [3.63, 3.8) is 0 Å². The molecule has 3 nitrogen and oxygen atoms in total. The number of nitrogens with zero attached hydrogens (tertiary/aromatic N) is 3. The highest BCUT2D eigenvalue weighted by molar-refractivity contribution is 6.15. The Hall–Kier alpha value is -5.12. The number of pyridine rings is 2. The third-order valence-corrected chi connectivity index (χ3v) is 10.1. The summed E-state index contributed by atoms with van der Waals surface area (Å²) < 4.78 is 5.54. The lowest BCUT2D eigenvalue weighted by Gasteiger charge is -2.38. The highest BCUT2D eigenvalue weighted by Crippen LogP contribution is 2.67. The molecule has 0 amide bonds. The van der Waals surface area contributed by atoms with Crippen LogP contribution in [0.5, 0.6) is 0 Å². The van der Waals surface area contributed by atoms with Gasteiger partial charge in [-0.1, -0.05) is 78.9 Å². The van der Waals surface area contributed by atoms with Crippen LogP contribution in [-0.4, -0.2) is 0 Å². The molecule has 0 saturated heterocycles. The largest absolute Gasteiger partial charge is 0.294 e. The van der Waals surface area contributed by atoms with Crippen molar-refractivity contribution in [2.75, 3.05) is 0 Å². The minimum atomic E-state index is -0.406. The van der Waals surface area contributed by atoms with E-state index < -0.39 is 5.41 Å². The van der Waals surface area contributed by atoms with Gasteiger partial charge in [0.1, 0.15) is 10.9 Å². The van der Waals surface area contributed by atoms with Crippen molar-refractivity contribution in [3.05, 3.63) is 156 Å².